The van der Waals surface area contributed by atoms with E-state index in [1.165, 1.54) is 6.33 Å². The van der Waals surface area contributed by atoms with Crippen molar-refractivity contribution in [2.45, 2.75) is 6.29 Å². The van der Waals surface area contributed by atoms with Crippen LogP contribution < -0.4 is 16.4 Å². The minimum absolute atomic E-state index is 0.288. The second-order valence-corrected chi connectivity index (χ2v) is 2.15. The van der Waals surface area contributed by atoms with Crippen LogP contribution in [0.3, 0.4) is 0 Å². The Kier molecular flexibility index (Phi) is 1.10. The van der Waals surface area contributed by atoms with Gasteiger partial charge >= 0.3 is 0 Å². The first-order valence-electron chi connectivity index (χ1n) is 3.08. The lowest BCUT2D eigenvalue weighted by Gasteiger charge is -2.17. The van der Waals surface area contributed by atoms with E-state index < -0.39 is 6.29 Å². The number of aromatic amines is 1. The molecule has 0 fully saturated rings. The number of hydrogen-bond acceptors (Lipinski definition) is 3. The van der Waals surface area contributed by atoms with Gasteiger partial charge in [0.25, 0.3) is 5.91 Å². The second kappa shape index (κ2) is 1.96. The maximum atomic E-state index is 11.0. The second-order valence-electron chi connectivity index (χ2n) is 2.15. The van der Waals surface area contributed by atoms with Crippen LogP contribution in [0, 0.1) is 0 Å². The van der Waals surface area contributed by atoms with Gasteiger partial charge in [0, 0.05) is 0 Å². The van der Waals surface area contributed by atoms with Gasteiger partial charge < -0.3 is 10.3 Å². The smallest absolute Gasteiger partial charge is 0.276 e. The molecule has 2 heterocycles. The normalized spacial score (nSPS) is 21.9. The number of fused-ring (bicyclic) bond motifs is 1. The van der Waals surface area contributed by atoms with E-state index >= 15 is 0 Å². The fourth-order valence-corrected chi connectivity index (χ4v) is 0.926. The summed E-state index contributed by atoms with van der Waals surface area (Å²) in [6.07, 6.45) is 0.752. The zero-order valence-electron chi connectivity index (χ0n) is 5.53. The Hall–Kier alpha value is -1.56. The third-order valence-corrected chi connectivity index (χ3v) is 1.38. The summed E-state index contributed by atoms with van der Waals surface area (Å²) >= 11 is 0. The first kappa shape index (κ1) is 6.17. The van der Waals surface area contributed by atoms with Crippen molar-refractivity contribution in [1.82, 2.24) is 20.6 Å². The Labute approximate surface area is 62.2 Å². The number of nitrogens with two attached hydrogens (primary N) is 1. The van der Waals surface area contributed by atoms with E-state index in [9.17, 15) is 4.79 Å². The van der Waals surface area contributed by atoms with Gasteiger partial charge in [-0.2, -0.15) is 0 Å². The number of rotatable bonds is 0. The van der Waals surface area contributed by atoms with Crippen LogP contribution in [-0.2, 0) is 0 Å². The van der Waals surface area contributed by atoms with Crippen LogP contribution >= 0.6 is 0 Å². The number of carbonyl (C=O) groups excluding carboxylic acids is 1. The summed E-state index contributed by atoms with van der Waals surface area (Å²) in [5.41, 5.74) is 5.65. The molecule has 1 atom stereocenters. The number of aromatic nitrogens is 2. The van der Waals surface area contributed by atoms with Crippen LogP contribution in [0.4, 0.5) is 5.82 Å². The molecule has 6 heteroatoms. The Morgan fingerprint density at radius 3 is 3.27 bits per heavy atom. The number of hydrogen-bond donors (Lipinski definition) is 3. The molecule has 0 aliphatic carbocycles. The number of carbonyl (C=O) groups is 1. The molecule has 1 unspecified atom stereocenters. The molecule has 0 saturated heterocycles. The van der Waals surface area contributed by atoms with Gasteiger partial charge in [-0.25, -0.2) is 10.3 Å². The molecule has 1 aromatic heterocycles. The predicted molar refractivity (Wildman–Crippen MR) is 35.8 cm³/mol. The first-order valence-corrected chi connectivity index (χ1v) is 3.08. The molecular weight excluding hydrogens is 146 g/mol. The number of imidazole rings is 1. The highest BCUT2D eigenvalue weighted by molar-refractivity contribution is 5.97. The highest BCUT2D eigenvalue weighted by Gasteiger charge is 2.24. The molecule has 2 rings (SSSR count). The van der Waals surface area contributed by atoms with Crippen molar-refractivity contribution >= 4 is 11.7 Å². The largest absolute Gasteiger partial charge is 0.329 e. The first-order chi connectivity index (χ1) is 5.27. The van der Waals surface area contributed by atoms with Crippen molar-refractivity contribution in [3.8, 4) is 0 Å². The summed E-state index contributed by atoms with van der Waals surface area (Å²) in [6, 6.07) is 0. The van der Waals surface area contributed by atoms with E-state index in [4.69, 9.17) is 5.73 Å². The highest BCUT2D eigenvalue weighted by atomic mass is 16.2. The maximum Gasteiger partial charge on any atom is 0.276 e. The van der Waals surface area contributed by atoms with Crippen LogP contribution in [0.25, 0.3) is 0 Å². The highest BCUT2D eigenvalue weighted by Crippen LogP contribution is 2.12. The fourth-order valence-electron chi connectivity index (χ4n) is 0.926. The third-order valence-electron chi connectivity index (χ3n) is 1.38. The molecule has 1 radical (unpaired) electrons. The van der Waals surface area contributed by atoms with Crippen molar-refractivity contribution < 1.29 is 4.79 Å². The van der Waals surface area contributed by atoms with Gasteiger partial charge in [0.05, 0.1) is 6.33 Å². The van der Waals surface area contributed by atoms with Crippen molar-refractivity contribution in [2.75, 3.05) is 0 Å². The van der Waals surface area contributed by atoms with Gasteiger partial charge in [-0.15, -0.1) is 0 Å². The molecule has 0 aromatic carbocycles. The molecule has 1 amide bonds. The Bertz CT molecular complexity index is 293. The predicted octanol–water partition coefficient (Wildman–Crippen LogP) is -1.37. The molecule has 6 nitrogen and oxygen atoms in total. The van der Waals surface area contributed by atoms with Crippen molar-refractivity contribution in [3.63, 3.8) is 0 Å². The molecule has 0 spiro atoms. The van der Waals surface area contributed by atoms with Crippen LogP contribution in [0.2, 0.25) is 0 Å². The molecule has 1 aliphatic heterocycles. The standard InChI is InChI=1S/C5H6N5O/c6-5-9-3-2(4(11)10-5)7-1-8-3/h1,5H,6H2,(H,7,8)(H,10,11). The maximum absolute atomic E-state index is 11.0. The Balaban J connectivity index is 2.44. The minimum atomic E-state index is -0.657. The molecule has 1 aliphatic rings. The lowest BCUT2D eigenvalue weighted by molar-refractivity contribution is 0.0918. The van der Waals surface area contributed by atoms with E-state index in [0.717, 1.165) is 0 Å². The molecule has 11 heavy (non-hydrogen) atoms. The summed E-state index contributed by atoms with van der Waals surface area (Å²) in [5.74, 6) is 0.157. The molecule has 1 aromatic rings. The fraction of sp³-hybridized carbons (Fsp3) is 0.200. The summed E-state index contributed by atoms with van der Waals surface area (Å²) in [7, 11) is 0. The summed E-state index contributed by atoms with van der Waals surface area (Å²) in [4.78, 5) is 17.5. The summed E-state index contributed by atoms with van der Waals surface area (Å²) < 4.78 is 0. The SMILES string of the molecule is NC1[N]c2[nH]cnc2C(=O)N1. The lowest BCUT2D eigenvalue weighted by atomic mass is 10.3. The minimum Gasteiger partial charge on any atom is -0.329 e. The number of amides is 1. The van der Waals surface area contributed by atoms with Crippen molar-refractivity contribution in [1.29, 1.82) is 0 Å². The number of H-pyrrole nitrogens is 1. The third kappa shape index (κ3) is 0.838. The molecule has 57 valence electrons. The number of nitrogens with one attached hydrogen (secondary N) is 2. The van der Waals surface area contributed by atoms with Crippen LogP contribution in [0.1, 0.15) is 10.5 Å². The van der Waals surface area contributed by atoms with Crippen molar-refractivity contribution in [2.24, 2.45) is 5.73 Å². The van der Waals surface area contributed by atoms with Gasteiger partial charge in [0.1, 0.15) is 0 Å². The van der Waals surface area contributed by atoms with Crippen LogP contribution in [-0.4, -0.2) is 22.2 Å². The molecular formula is C5H6N5O. The lowest BCUT2D eigenvalue weighted by Crippen LogP contribution is -2.50. The van der Waals surface area contributed by atoms with Gasteiger partial charge in [0.2, 0.25) is 0 Å². The number of nitrogens with zero attached hydrogens (tertiary/aromatic N) is 2. The van der Waals surface area contributed by atoms with Gasteiger partial charge in [-0.05, 0) is 0 Å². The van der Waals surface area contributed by atoms with E-state index in [1.807, 2.05) is 0 Å². The van der Waals surface area contributed by atoms with Gasteiger partial charge in [-0.1, -0.05) is 0 Å². The zero-order chi connectivity index (χ0) is 7.84. The van der Waals surface area contributed by atoms with E-state index in [0.29, 0.717) is 11.5 Å². The van der Waals surface area contributed by atoms with E-state index in [1.54, 1.807) is 0 Å². The van der Waals surface area contributed by atoms with Crippen LogP contribution in [0.15, 0.2) is 6.33 Å². The molecule has 4 N–H and O–H groups in total. The quantitative estimate of drug-likeness (QED) is 0.427. The molecule has 0 saturated carbocycles. The Morgan fingerprint density at radius 1 is 1.64 bits per heavy atom. The topological polar surface area (TPSA) is 97.9 Å². The molecule has 0 bridgehead atoms. The average molecular weight is 152 g/mol. The van der Waals surface area contributed by atoms with E-state index in [-0.39, 0.29) is 5.91 Å². The van der Waals surface area contributed by atoms with E-state index in [2.05, 4.69) is 20.6 Å². The Morgan fingerprint density at radius 2 is 2.45 bits per heavy atom. The zero-order valence-corrected chi connectivity index (χ0v) is 5.53. The summed E-state index contributed by atoms with van der Waals surface area (Å²) in [6.45, 7) is 0. The summed E-state index contributed by atoms with van der Waals surface area (Å²) in [5, 5.41) is 6.30. The van der Waals surface area contributed by atoms with Gasteiger partial charge in [-0.3, -0.25) is 10.5 Å². The van der Waals surface area contributed by atoms with Crippen molar-refractivity contribution in [3.05, 3.63) is 12.0 Å². The van der Waals surface area contributed by atoms with Gasteiger partial charge in [0.15, 0.2) is 17.8 Å². The average Bonchev–Trinajstić information content (AvgIpc) is 2.34. The van der Waals surface area contributed by atoms with Crippen LogP contribution in [0.5, 0.6) is 0 Å². The monoisotopic (exact) mass is 152 g/mol.